The van der Waals surface area contributed by atoms with Gasteiger partial charge in [-0.3, -0.25) is 0 Å². The molecule has 0 atom stereocenters. The summed E-state index contributed by atoms with van der Waals surface area (Å²) in [5, 5.41) is 1.35. The first-order chi connectivity index (χ1) is 19.1. The Labute approximate surface area is 242 Å². The summed E-state index contributed by atoms with van der Waals surface area (Å²) in [5.74, 6) is 0. The zero-order valence-corrected chi connectivity index (χ0v) is 26.7. The smallest absolute Gasteiger partial charge is 0.106 e. The summed E-state index contributed by atoms with van der Waals surface area (Å²) in [4.78, 5) is 13.7. The monoisotopic (exact) mass is 538 g/mol. The van der Waals surface area contributed by atoms with Gasteiger partial charge >= 0.3 is 0 Å². The first-order valence-corrected chi connectivity index (χ1v) is 15.6. The van der Waals surface area contributed by atoms with E-state index in [2.05, 4.69) is 119 Å². The molecule has 0 saturated heterocycles. The number of unbranched alkanes of at least 4 members (excludes halogenated alkanes) is 8. The van der Waals surface area contributed by atoms with Crippen molar-refractivity contribution in [3.05, 3.63) is 71.9 Å². The number of hydrogen-bond acceptors (Lipinski definition) is 2. The molecule has 3 nitrogen and oxygen atoms in total. The summed E-state index contributed by atoms with van der Waals surface area (Å²) >= 11 is 0. The highest BCUT2D eigenvalue weighted by Crippen LogP contribution is 2.18. The number of H-pyrrole nitrogens is 1. The zero-order chi connectivity index (χ0) is 29.6. The molecular formula is C36H62N2O. The van der Waals surface area contributed by atoms with Crippen LogP contribution in [-0.2, 0) is 17.8 Å². The Morgan fingerprint density at radius 1 is 0.667 bits per heavy atom. The van der Waals surface area contributed by atoms with Gasteiger partial charge < -0.3 is 14.7 Å². The van der Waals surface area contributed by atoms with Gasteiger partial charge in [0.2, 0.25) is 0 Å². The minimum absolute atomic E-state index is 1.00. The summed E-state index contributed by atoms with van der Waals surface area (Å²) in [7, 11) is 2.18. The molecule has 3 rings (SSSR count). The van der Waals surface area contributed by atoms with Gasteiger partial charge in [-0.25, -0.2) is 0 Å². The molecule has 0 fully saturated rings. The molecule has 0 saturated carbocycles. The number of likely N-dealkylation sites (N-methyl/N-ethyl adjacent to an activating group) is 1. The predicted octanol–water partition coefficient (Wildman–Crippen LogP) is 11.0. The molecule has 0 unspecified atom stereocenters. The fourth-order valence-corrected chi connectivity index (χ4v) is 4.01. The van der Waals surface area contributed by atoms with Crippen molar-refractivity contribution in [2.24, 2.45) is 0 Å². The lowest BCUT2D eigenvalue weighted by Gasteiger charge is -2.16. The van der Waals surface area contributed by atoms with Crippen LogP contribution in [0.1, 0.15) is 123 Å². The van der Waals surface area contributed by atoms with E-state index in [0.717, 1.165) is 19.5 Å². The van der Waals surface area contributed by atoms with Gasteiger partial charge in [-0.2, -0.15) is 0 Å². The molecule has 3 heteroatoms. The lowest BCUT2D eigenvalue weighted by molar-refractivity contribution is -0.0980. The Kier molecular flexibility index (Phi) is 30.0. The quantitative estimate of drug-likeness (QED) is 0.220. The number of nitrogens with one attached hydrogen (secondary N) is 1. The highest BCUT2D eigenvalue weighted by atomic mass is 16.1. The van der Waals surface area contributed by atoms with E-state index in [1.54, 1.807) is 0 Å². The number of aromatic nitrogens is 1. The number of fused-ring (bicyclic) bond motifs is 1. The van der Waals surface area contributed by atoms with Crippen molar-refractivity contribution in [2.45, 2.75) is 125 Å². The Balaban J connectivity index is 0. The molecule has 0 amide bonds. The normalized spacial score (nSPS) is 9.74. The SMILES string of the molecule is C=O.CCC.CCC.CCCCCCCCCCC.CN(CCc1c[nH]c2ccccc12)Cc1ccccc1. The van der Waals surface area contributed by atoms with E-state index in [4.69, 9.17) is 4.79 Å². The van der Waals surface area contributed by atoms with Gasteiger partial charge in [0.25, 0.3) is 0 Å². The fourth-order valence-electron chi connectivity index (χ4n) is 4.01. The molecule has 0 aliphatic rings. The van der Waals surface area contributed by atoms with Gasteiger partial charge in [-0.15, -0.1) is 0 Å². The van der Waals surface area contributed by atoms with Crippen LogP contribution < -0.4 is 0 Å². The molecule has 1 N–H and O–H groups in total. The third-order valence-corrected chi connectivity index (χ3v) is 5.94. The van der Waals surface area contributed by atoms with Gasteiger partial charge in [-0.05, 0) is 30.7 Å². The Hall–Kier alpha value is -2.39. The second-order valence-electron chi connectivity index (χ2n) is 10.2. The number of aromatic amines is 1. The van der Waals surface area contributed by atoms with E-state index in [9.17, 15) is 0 Å². The number of carbonyl (C=O) groups excluding carboxylic acids is 1. The fraction of sp³-hybridized carbons (Fsp3) is 0.583. The lowest BCUT2D eigenvalue weighted by Crippen LogP contribution is -2.20. The molecule has 0 radical (unpaired) electrons. The maximum Gasteiger partial charge on any atom is 0.106 e. The third-order valence-electron chi connectivity index (χ3n) is 5.94. The third kappa shape index (κ3) is 22.2. The molecule has 1 aromatic heterocycles. The molecule has 39 heavy (non-hydrogen) atoms. The summed E-state index contributed by atoms with van der Waals surface area (Å²) in [6.45, 7) is 17.1. The maximum absolute atomic E-state index is 8.00. The van der Waals surface area contributed by atoms with Crippen molar-refractivity contribution in [2.75, 3.05) is 13.6 Å². The topological polar surface area (TPSA) is 36.1 Å². The van der Waals surface area contributed by atoms with E-state index < -0.39 is 0 Å². The molecule has 0 aliphatic carbocycles. The van der Waals surface area contributed by atoms with E-state index >= 15 is 0 Å². The highest BCUT2D eigenvalue weighted by Gasteiger charge is 2.05. The molecule has 0 spiro atoms. The lowest BCUT2D eigenvalue weighted by atomic mass is 10.1. The Morgan fingerprint density at radius 3 is 1.64 bits per heavy atom. The van der Waals surface area contributed by atoms with Crippen LogP contribution in [0, 0.1) is 0 Å². The summed E-state index contributed by atoms with van der Waals surface area (Å²) in [6.07, 6.45) is 18.7. The van der Waals surface area contributed by atoms with Gasteiger partial charge in [0.05, 0.1) is 0 Å². The van der Waals surface area contributed by atoms with Gasteiger partial charge in [-0.1, -0.05) is 161 Å². The van der Waals surface area contributed by atoms with Crippen LogP contribution in [0.2, 0.25) is 0 Å². The first-order valence-electron chi connectivity index (χ1n) is 15.6. The van der Waals surface area contributed by atoms with Crippen molar-refractivity contribution >= 4 is 17.7 Å². The average Bonchev–Trinajstić information content (AvgIpc) is 3.38. The zero-order valence-electron chi connectivity index (χ0n) is 26.7. The summed E-state index contributed by atoms with van der Waals surface area (Å²) in [5.41, 5.74) is 4.00. The Bertz CT molecular complexity index is 849. The van der Waals surface area contributed by atoms with Crippen LogP contribution in [0.5, 0.6) is 0 Å². The average molecular weight is 539 g/mol. The van der Waals surface area contributed by atoms with Crippen LogP contribution in [0.15, 0.2) is 60.8 Å². The number of nitrogens with zero attached hydrogens (tertiary/aromatic N) is 1. The predicted molar refractivity (Wildman–Crippen MR) is 177 cm³/mol. The van der Waals surface area contributed by atoms with E-state index in [0.29, 0.717) is 0 Å². The Morgan fingerprint density at radius 2 is 1.13 bits per heavy atom. The second kappa shape index (κ2) is 30.2. The van der Waals surface area contributed by atoms with E-state index in [-0.39, 0.29) is 0 Å². The summed E-state index contributed by atoms with van der Waals surface area (Å²) < 4.78 is 0. The number of para-hydroxylation sites is 1. The summed E-state index contributed by atoms with van der Waals surface area (Å²) in [6, 6.07) is 19.1. The van der Waals surface area contributed by atoms with Crippen LogP contribution >= 0.6 is 0 Å². The van der Waals surface area contributed by atoms with Crippen molar-refractivity contribution in [1.82, 2.24) is 9.88 Å². The van der Waals surface area contributed by atoms with Crippen molar-refractivity contribution in [3.8, 4) is 0 Å². The minimum Gasteiger partial charge on any atom is -0.361 e. The first kappa shape index (κ1) is 38.8. The molecule has 3 aromatic rings. The van der Waals surface area contributed by atoms with Gasteiger partial charge in [0.1, 0.15) is 6.79 Å². The number of rotatable bonds is 13. The molecule has 1 heterocycles. The van der Waals surface area contributed by atoms with Crippen molar-refractivity contribution < 1.29 is 4.79 Å². The second-order valence-corrected chi connectivity index (χ2v) is 10.2. The number of hydrogen-bond donors (Lipinski definition) is 1. The molecule has 222 valence electrons. The van der Waals surface area contributed by atoms with Crippen LogP contribution in [0.3, 0.4) is 0 Å². The van der Waals surface area contributed by atoms with Crippen molar-refractivity contribution in [3.63, 3.8) is 0 Å². The number of carbonyl (C=O) groups is 1. The number of benzene rings is 2. The van der Waals surface area contributed by atoms with Gasteiger partial charge in [0.15, 0.2) is 0 Å². The molecule has 0 aliphatic heterocycles. The molecular weight excluding hydrogens is 476 g/mol. The minimum atomic E-state index is 1.00. The van der Waals surface area contributed by atoms with E-state index in [1.807, 2.05) is 6.79 Å². The van der Waals surface area contributed by atoms with Crippen LogP contribution in [-0.4, -0.2) is 30.3 Å². The molecule has 0 bridgehead atoms. The van der Waals surface area contributed by atoms with Crippen LogP contribution in [0.4, 0.5) is 0 Å². The van der Waals surface area contributed by atoms with Gasteiger partial charge in [0, 0.05) is 30.2 Å². The van der Waals surface area contributed by atoms with E-state index in [1.165, 1.54) is 92.7 Å². The molecule has 2 aromatic carbocycles. The highest BCUT2D eigenvalue weighted by molar-refractivity contribution is 5.83. The van der Waals surface area contributed by atoms with Crippen molar-refractivity contribution in [1.29, 1.82) is 0 Å². The van der Waals surface area contributed by atoms with Crippen LogP contribution in [0.25, 0.3) is 10.9 Å². The maximum atomic E-state index is 8.00. The standard InChI is InChI=1S/C18H20N2.C11H24.2C3H8.CH2O/c1-20(14-15-7-3-2-4-8-15)12-11-16-13-19-18-10-6-5-9-17(16)18;1-3-5-7-9-11-10-8-6-4-2;2*1-3-2;1-2/h2-10,13,19H,11-12,14H2,1H3;3-11H2,1-2H3;2*3H2,1-2H3;1H2. The largest absolute Gasteiger partial charge is 0.361 e.